The molecule has 110 valence electrons. The molecule has 0 amide bonds. The Morgan fingerprint density at radius 2 is 1.19 bits per heavy atom. The van der Waals surface area contributed by atoms with Crippen molar-refractivity contribution in [1.29, 1.82) is 0 Å². The monoisotopic (exact) mass is 410 g/mol. The van der Waals surface area contributed by atoms with Crippen LogP contribution in [0.5, 0.6) is 11.5 Å². The molecule has 0 fully saturated rings. The third-order valence-corrected chi connectivity index (χ3v) is 4.28. The van der Waals surface area contributed by atoms with E-state index in [-0.39, 0.29) is 7.69 Å². The molecular weight excluding hydrogens is 395 g/mol. The van der Waals surface area contributed by atoms with Crippen LogP contribution in [0.3, 0.4) is 0 Å². The van der Waals surface area contributed by atoms with Crippen molar-refractivity contribution in [2.24, 2.45) is 0 Å². The van der Waals surface area contributed by atoms with Crippen molar-refractivity contribution in [1.82, 2.24) is 0 Å². The van der Waals surface area contributed by atoms with Crippen LogP contribution in [0.2, 0.25) is 0 Å². The van der Waals surface area contributed by atoms with Crippen molar-refractivity contribution in [3.63, 3.8) is 0 Å². The molecule has 2 aromatic rings. The Morgan fingerprint density at radius 1 is 0.762 bits per heavy atom. The van der Waals surface area contributed by atoms with Crippen molar-refractivity contribution in [2.45, 2.75) is 24.5 Å². The van der Waals surface area contributed by atoms with Gasteiger partial charge < -0.3 is 9.31 Å². The molecule has 0 heterocycles. The molecule has 0 bridgehead atoms. The van der Waals surface area contributed by atoms with Crippen LogP contribution in [0.25, 0.3) is 0 Å². The van der Waals surface area contributed by atoms with Gasteiger partial charge in [0.15, 0.2) is 0 Å². The lowest BCUT2D eigenvalue weighted by molar-refractivity contribution is 0.458. The first-order valence-electron chi connectivity index (χ1n) is 6.69. The SMILES string of the molecule is Cc1cc(CBr)cc(OBOc2cc(C)cc(CBr)c2)c1. The molecule has 0 atom stereocenters. The van der Waals surface area contributed by atoms with Crippen LogP contribution in [-0.2, 0) is 10.7 Å². The molecule has 2 rings (SSSR count). The maximum atomic E-state index is 5.69. The Bertz CT molecular complexity index is 564. The average Bonchev–Trinajstić information content (AvgIpc) is 2.46. The summed E-state index contributed by atoms with van der Waals surface area (Å²) < 4.78 is 11.4. The maximum Gasteiger partial charge on any atom is 0.576 e. The predicted octanol–water partition coefficient (Wildman–Crippen LogP) is 4.82. The molecule has 5 heteroatoms. The van der Waals surface area contributed by atoms with Crippen molar-refractivity contribution in [3.8, 4) is 11.5 Å². The number of hydrogen-bond donors (Lipinski definition) is 0. The second-order valence-electron chi connectivity index (χ2n) is 4.98. The molecule has 21 heavy (non-hydrogen) atoms. The number of rotatable bonds is 6. The zero-order chi connectivity index (χ0) is 15.2. The van der Waals surface area contributed by atoms with E-state index in [1.807, 2.05) is 24.3 Å². The van der Waals surface area contributed by atoms with Gasteiger partial charge >= 0.3 is 7.69 Å². The zero-order valence-corrected chi connectivity index (χ0v) is 15.3. The fraction of sp³-hybridized carbons (Fsp3) is 0.250. The van der Waals surface area contributed by atoms with Gasteiger partial charge in [0, 0.05) is 10.7 Å². The van der Waals surface area contributed by atoms with E-state index in [9.17, 15) is 0 Å². The first kappa shape index (κ1) is 16.4. The van der Waals surface area contributed by atoms with Crippen LogP contribution in [0.4, 0.5) is 0 Å². The third kappa shape index (κ3) is 5.08. The maximum absolute atomic E-state index is 5.69. The Balaban J connectivity index is 1.98. The molecule has 0 saturated heterocycles. The largest absolute Gasteiger partial charge is 0.576 e. The second kappa shape index (κ2) is 7.90. The third-order valence-electron chi connectivity index (χ3n) is 2.98. The summed E-state index contributed by atoms with van der Waals surface area (Å²) in [5.74, 6) is 1.66. The molecule has 0 radical (unpaired) electrons. The van der Waals surface area contributed by atoms with Crippen LogP contribution < -0.4 is 9.31 Å². The smallest absolute Gasteiger partial charge is 0.529 e. The number of benzene rings is 2. The molecule has 0 unspecified atom stereocenters. The summed E-state index contributed by atoms with van der Waals surface area (Å²) in [5, 5.41) is 1.64. The molecule has 2 aromatic carbocycles. The van der Waals surface area contributed by atoms with E-state index in [1.54, 1.807) is 0 Å². The minimum absolute atomic E-state index is 0.205. The topological polar surface area (TPSA) is 18.5 Å². The van der Waals surface area contributed by atoms with Crippen LogP contribution in [0.15, 0.2) is 36.4 Å². The van der Waals surface area contributed by atoms with Gasteiger partial charge in [0.25, 0.3) is 0 Å². The lowest BCUT2D eigenvalue weighted by Gasteiger charge is -2.11. The number of halogens is 2. The first-order chi connectivity index (χ1) is 10.1. The normalized spacial score (nSPS) is 10.3. The summed E-state index contributed by atoms with van der Waals surface area (Å²) in [6.45, 7) is 4.12. The van der Waals surface area contributed by atoms with Gasteiger partial charge in [-0.1, -0.05) is 44.0 Å². The van der Waals surface area contributed by atoms with Gasteiger partial charge in [0.2, 0.25) is 0 Å². The second-order valence-corrected chi connectivity index (χ2v) is 6.10. The lowest BCUT2D eigenvalue weighted by atomic mass is 10.1. The summed E-state index contributed by atoms with van der Waals surface area (Å²) in [4.78, 5) is 0. The van der Waals surface area contributed by atoms with Gasteiger partial charge in [-0.3, -0.25) is 0 Å². The standard InChI is InChI=1S/C16H17BBr2O2/c1-11-3-13(9-18)7-15(5-11)20-17-21-16-6-12(2)4-14(8-16)10-19/h3-8,17H,9-10H2,1-2H3. The molecular formula is C16H17BBr2O2. The van der Waals surface area contributed by atoms with Crippen LogP contribution >= 0.6 is 31.9 Å². The van der Waals surface area contributed by atoms with Gasteiger partial charge in [-0.15, -0.1) is 0 Å². The van der Waals surface area contributed by atoms with Crippen molar-refractivity contribution in [3.05, 3.63) is 58.7 Å². The van der Waals surface area contributed by atoms with Crippen molar-refractivity contribution < 1.29 is 9.31 Å². The molecule has 0 aliphatic heterocycles. The Labute approximate surface area is 143 Å². The Hall–Kier alpha value is -0.935. The summed E-state index contributed by atoms with van der Waals surface area (Å²) in [7, 11) is 0.205. The predicted molar refractivity (Wildman–Crippen MR) is 96.0 cm³/mol. The van der Waals surface area contributed by atoms with Crippen LogP contribution in [0.1, 0.15) is 22.3 Å². The zero-order valence-electron chi connectivity index (χ0n) is 12.2. The van der Waals surface area contributed by atoms with Gasteiger partial charge in [0.05, 0.1) is 0 Å². The summed E-state index contributed by atoms with van der Waals surface area (Å²) >= 11 is 6.93. The molecule has 0 aliphatic carbocycles. The van der Waals surface area contributed by atoms with E-state index in [4.69, 9.17) is 9.31 Å². The van der Waals surface area contributed by atoms with Gasteiger partial charge in [-0.2, -0.15) is 0 Å². The lowest BCUT2D eigenvalue weighted by Crippen LogP contribution is -2.11. The summed E-state index contributed by atoms with van der Waals surface area (Å²) in [6.07, 6.45) is 0. The summed E-state index contributed by atoms with van der Waals surface area (Å²) in [6, 6.07) is 12.3. The Kier molecular flexibility index (Phi) is 6.18. The molecule has 2 nitrogen and oxygen atoms in total. The quantitative estimate of drug-likeness (QED) is 0.501. The highest BCUT2D eigenvalue weighted by molar-refractivity contribution is 9.08. The minimum atomic E-state index is 0.205. The van der Waals surface area contributed by atoms with E-state index in [0.29, 0.717) is 0 Å². The van der Waals surface area contributed by atoms with Gasteiger partial charge in [0.1, 0.15) is 11.5 Å². The van der Waals surface area contributed by atoms with E-state index in [1.165, 1.54) is 22.3 Å². The number of hydrogen-bond acceptors (Lipinski definition) is 2. The molecule has 0 aromatic heterocycles. The van der Waals surface area contributed by atoms with Gasteiger partial charge in [-0.05, 0) is 60.4 Å². The number of alkyl halides is 2. The van der Waals surface area contributed by atoms with Gasteiger partial charge in [-0.25, -0.2) is 0 Å². The summed E-state index contributed by atoms with van der Waals surface area (Å²) in [5.41, 5.74) is 4.75. The fourth-order valence-corrected chi connectivity index (χ4v) is 2.78. The molecule has 0 N–H and O–H groups in total. The molecule has 0 spiro atoms. The van der Waals surface area contributed by atoms with Crippen LogP contribution in [0, 0.1) is 13.8 Å². The Morgan fingerprint density at radius 3 is 1.57 bits per heavy atom. The minimum Gasteiger partial charge on any atom is -0.529 e. The number of aryl methyl sites for hydroxylation is 2. The van der Waals surface area contributed by atoms with Crippen LogP contribution in [-0.4, -0.2) is 7.69 Å². The van der Waals surface area contributed by atoms with Crippen molar-refractivity contribution in [2.75, 3.05) is 0 Å². The first-order valence-corrected chi connectivity index (χ1v) is 8.93. The van der Waals surface area contributed by atoms with E-state index < -0.39 is 0 Å². The van der Waals surface area contributed by atoms with Crippen molar-refractivity contribution >= 4 is 39.5 Å². The highest BCUT2D eigenvalue weighted by Gasteiger charge is 2.04. The highest BCUT2D eigenvalue weighted by atomic mass is 79.9. The van der Waals surface area contributed by atoms with E-state index >= 15 is 0 Å². The van der Waals surface area contributed by atoms with E-state index in [0.717, 1.165) is 22.2 Å². The molecule has 0 aliphatic rings. The van der Waals surface area contributed by atoms with E-state index in [2.05, 4.69) is 57.8 Å². The fourth-order valence-electron chi connectivity index (χ4n) is 2.14. The highest BCUT2D eigenvalue weighted by Crippen LogP contribution is 2.20. The molecule has 0 saturated carbocycles. The average molecular weight is 412 g/mol.